The van der Waals surface area contributed by atoms with Gasteiger partial charge in [0.05, 0.1) is 6.10 Å². The largest absolute Gasteiger partial charge is 0.491 e. The van der Waals surface area contributed by atoms with Crippen molar-refractivity contribution >= 4 is 0 Å². The fourth-order valence-corrected chi connectivity index (χ4v) is 1.47. The van der Waals surface area contributed by atoms with Gasteiger partial charge >= 0.3 is 0 Å². The third-order valence-electron chi connectivity index (χ3n) is 2.57. The Morgan fingerprint density at radius 1 is 1.11 bits per heavy atom. The lowest BCUT2D eigenvalue weighted by atomic mass is 10.1. The highest BCUT2D eigenvalue weighted by Gasteiger charge is 2.06. The molecule has 0 heterocycles. The Balaban J connectivity index is 2.34. The number of benzene rings is 1. The number of nitrogens with one attached hydrogen (secondary N) is 1. The zero-order valence-electron chi connectivity index (χ0n) is 11.3. The van der Waals surface area contributed by atoms with Gasteiger partial charge in [0.2, 0.25) is 0 Å². The molecule has 1 rings (SSSR count). The van der Waals surface area contributed by atoms with Crippen molar-refractivity contribution in [3.8, 4) is 5.75 Å². The lowest BCUT2D eigenvalue weighted by Crippen LogP contribution is -2.35. The van der Waals surface area contributed by atoms with Gasteiger partial charge in [-0.2, -0.15) is 0 Å². The minimum atomic E-state index is -0.524. The molecule has 0 spiro atoms. The number of ether oxygens (including phenoxy) is 1. The summed E-state index contributed by atoms with van der Waals surface area (Å²) < 4.78 is 5.46. The lowest BCUT2D eigenvalue weighted by Gasteiger charge is -2.15. The van der Waals surface area contributed by atoms with E-state index in [2.05, 4.69) is 5.32 Å². The van der Waals surface area contributed by atoms with E-state index in [0.29, 0.717) is 18.3 Å². The molecule has 0 aliphatic heterocycles. The quantitative estimate of drug-likeness (QED) is 0.689. The minimum Gasteiger partial charge on any atom is -0.491 e. The Morgan fingerprint density at radius 2 is 1.72 bits per heavy atom. The first-order chi connectivity index (χ1) is 8.49. The Labute approximate surface area is 109 Å². The molecule has 1 aromatic rings. The monoisotopic (exact) mass is 253 g/mol. The van der Waals surface area contributed by atoms with Gasteiger partial charge in [-0.3, -0.25) is 0 Å². The van der Waals surface area contributed by atoms with E-state index in [9.17, 15) is 10.2 Å². The summed E-state index contributed by atoms with van der Waals surface area (Å²) in [5, 5.41) is 22.2. The van der Waals surface area contributed by atoms with E-state index < -0.39 is 12.2 Å². The molecule has 0 radical (unpaired) electrons. The summed E-state index contributed by atoms with van der Waals surface area (Å²) in [5.74, 6) is 0.697. The van der Waals surface area contributed by atoms with Crippen LogP contribution in [0.2, 0.25) is 0 Å². The number of aliphatic hydroxyl groups excluding tert-OH is 2. The van der Waals surface area contributed by atoms with Crippen molar-refractivity contribution in [2.24, 2.45) is 0 Å². The van der Waals surface area contributed by atoms with Crippen LogP contribution in [0.4, 0.5) is 0 Å². The Bertz CT molecular complexity index is 335. The van der Waals surface area contributed by atoms with Crippen molar-refractivity contribution in [1.29, 1.82) is 0 Å². The molecule has 4 heteroatoms. The first-order valence-electron chi connectivity index (χ1n) is 6.31. The summed E-state index contributed by atoms with van der Waals surface area (Å²) in [7, 11) is 0. The van der Waals surface area contributed by atoms with Crippen molar-refractivity contribution < 1.29 is 14.9 Å². The molecule has 2 atom stereocenters. The topological polar surface area (TPSA) is 61.7 Å². The molecule has 0 bridgehead atoms. The van der Waals surface area contributed by atoms with Gasteiger partial charge < -0.3 is 20.3 Å². The smallest absolute Gasteiger partial charge is 0.119 e. The molecule has 18 heavy (non-hydrogen) atoms. The van der Waals surface area contributed by atoms with Crippen LogP contribution in [0.3, 0.4) is 0 Å². The average Bonchev–Trinajstić information content (AvgIpc) is 2.34. The van der Waals surface area contributed by atoms with Crippen molar-refractivity contribution in [3.63, 3.8) is 0 Å². The molecular formula is C14H23NO3. The van der Waals surface area contributed by atoms with Crippen LogP contribution in [-0.2, 0) is 0 Å². The standard InChI is InChI=1S/C14H23NO3/c1-10(2)15-8-13(17)9-18-14-6-4-12(5-7-14)11(3)16/h4-7,10-11,13,15-17H,8-9H2,1-3H3. The van der Waals surface area contributed by atoms with Gasteiger partial charge in [-0.15, -0.1) is 0 Å². The van der Waals surface area contributed by atoms with Crippen LogP contribution in [0.25, 0.3) is 0 Å². The third kappa shape index (κ3) is 5.49. The average molecular weight is 253 g/mol. The van der Waals surface area contributed by atoms with Gasteiger partial charge in [-0.05, 0) is 24.6 Å². The van der Waals surface area contributed by atoms with Crippen LogP contribution in [0.15, 0.2) is 24.3 Å². The van der Waals surface area contributed by atoms with Gasteiger partial charge in [0.15, 0.2) is 0 Å². The van der Waals surface area contributed by atoms with Crippen LogP contribution in [0.1, 0.15) is 32.4 Å². The highest BCUT2D eigenvalue weighted by molar-refractivity contribution is 5.28. The Morgan fingerprint density at radius 3 is 2.22 bits per heavy atom. The summed E-state index contributed by atoms with van der Waals surface area (Å²) >= 11 is 0. The van der Waals surface area contributed by atoms with Crippen LogP contribution in [0, 0.1) is 0 Å². The van der Waals surface area contributed by atoms with Gasteiger partial charge in [0.25, 0.3) is 0 Å². The van der Waals surface area contributed by atoms with Gasteiger partial charge in [-0.25, -0.2) is 0 Å². The van der Waals surface area contributed by atoms with E-state index >= 15 is 0 Å². The van der Waals surface area contributed by atoms with Crippen LogP contribution < -0.4 is 10.1 Å². The fraction of sp³-hybridized carbons (Fsp3) is 0.571. The molecule has 3 N–H and O–H groups in total. The first-order valence-corrected chi connectivity index (χ1v) is 6.31. The second-order valence-electron chi connectivity index (χ2n) is 4.77. The Hall–Kier alpha value is -1.10. The number of hydrogen-bond donors (Lipinski definition) is 3. The van der Waals surface area contributed by atoms with E-state index in [1.54, 1.807) is 19.1 Å². The molecule has 2 unspecified atom stereocenters. The lowest BCUT2D eigenvalue weighted by molar-refractivity contribution is 0.104. The molecule has 0 aliphatic carbocycles. The van der Waals surface area contributed by atoms with Crippen LogP contribution in [0.5, 0.6) is 5.75 Å². The molecule has 0 fully saturated rings. The van der Waals surface area contributed by atoms with Crippen LogP contribution in [-0.4, -0.2) is 35.5 Å². The number of rotatable bonds is 7. The van der Waals surface area contributed by atoms with Crippen molar-refractivity contribution in [2.45, 2.75) is 39.0 Å². The normalized spacial score (nSPS) is 14.6. The van der Waals surface area contributed by atoms with Crippen molar-refractivity contribution in [3.05, 3.63) is 29.8 Å². The molecule has 0 aromatic heterocycles. The molecule has 102 valence electrons. The molecule has 4 nitrogen and oxygen atoms in total. The Kier molecular flexibility index (Phi) is 6.12. The second kappa shape index (κ2) is 7.36. The molecule has 0 saturated heterocycles. The predicted octanol–water partition coefficient (Wildman–Crippen LogP) is 1.48. The highest BCUT2D eigenvalue weighted by Crippen LogP contribution is 2.17. The molecular weight excluding hydrogens is 230 g/mol. The fourth-order valence-electron chi connectivity index (χ4n) is 1.47. The summed E-state index contributed by atoms with van der Waals surface area (Å²) in [5.41, 5.74) is 0.851. The van der Waals surface area contributed by atoms with E-state index in [1.807, 2.05) is 26.0 Å². The highest BCUT2D eigenvalue weighted by atomic mass is 16.5. The van der Waals surface area contributed by atoms with Gasteiger partial charge in [0, 0.05) is 12.6 Å². The zero-order valence-corrected chi connectivity index (χ0v) is 11.3. The number of hydrogen-bond acceptors (Lipinski definition) is 4. The molecule has 0 aliphatic rings. The van der Waals surface area contributed by atoms with Crippen molar-refractivity contribution in [1.82, 2.24) is 5.32 Å². The van der Waals surface area contributed by atoms with Gasteiger partial charge in [-0.1, -0.05) is 26.0 Å². The maximum Gasteiger partial charge on any atom is 0.119 e. The minimum absolute atomic E-state index is 0.258. The maximum atomic E-state index is 9.67. The second-order valence-corrected chi connectivity index (χ2v) is 4.77. The molecule has 0 amide bonds. The van der Waals surface area contributed by atoms with E-state index in [-0.39, 0.29) is 6.61 Å². The summed E-state index contributed by atoms with van der Waals surface area (Å²) in [6, 6.07) is 7.58. The van der Waals surface area contributed by atoms with E-state index in [0.717, 1.165) is 5.56 Å². The SMILES string of the molecule is CC(C)NCC(O)COc1ccc(C(C)O)cc1. The summed E-state index contributed by atoms with van der Waals surface area (Å²) in [6.45, 7) is 6.55. The third-order valence-corrected chi connectivity index (χ3v) is 2.57. The summed E-state index contributed by atoms with van der Waals surface area (Å²) in [4.78, 5) is 0. The van der Waals surface area contributed by atoms with Crippen molar-refractivity contribution in [2.75, 3.05) is 13.2 Å². The maximum absolute atomic E-state index is 9.67. The van der Waals surface area contributed by atoms with Crippen LogP contribution >= 0.6 is 0 Å². The summed E-state index contributed by atoms with van der Waals surface area (Å²) in [6.07, 6.45) is -0.997. The number of aliphatic hydroxyl groups is 2. The first kappa shape index (κ1) is 15.0. The van der Waals surface area contributed by atoms with E-state index in [4.69, 9.17) is 4.74 Å². The van der Waals surface area contributed by atoms with E-state index in [1.165, 1.54) is 0 Å². The zero-order chi connectivity index (χ0) is 13.5. The molecule has 0 saturated carbocycles. The van der Waals surface area contributed by atoms with Gasteiger partial charge in [0.1, 0.15) is 18.5 Å². The predicted molar refractivity (Wildman–Crippen MR) is 71.7 cm³/mol. The molecule has 1 aromatic carbocycles.